The highest BCUT2D eigenvalue weighted by molar-refractivity contribution is 6.07. The number of rotatable bonds is 11. The molecule has 11 heteroatoms. The number of hydrogen-bond donors (Lipinski definition) is 0. The maximum atomic E-state index is 17.2. The number of carbonyl (C=O) groups excluding carboxylic acids is 1. The van der Waals surface area contributed by atoms with Crippen LogP contribution in [0.1, 0.15) is 61.8 Å². The van der Waals surface area contributed by atoms with Gasteiger partial charge in [-0.3, -0.25) is 14.4 Å². The van der Waals surface area contributed by atoms with Crippen LogP contribution in [0.2, 0.25) is 0 Å². The van der Waals surface area contributed by atoms with E-state index in [0.29, 0.717) is 76.0 Å². The Bertz CT molecular complexity index is 2140. The second kappa shape index (κ2) is 15.9. The molecule has 2 aromatic carbocycles. The standard InChI is InChI=1S/C41H44FN7O3/c1-6-7-11-28-12-8-13-31(33(28)24-44)37-26(2)22-32-39(38(37)42)46-41(52-27(3)35-14-9-19-47(35)4)34-25-45-49(40(32)34)30-17-20-48(29(23-30)16-18-43)36(50)15-10-21-51-5/h6-8,10-13,15,22,25,27,29-30,35H,1,9,14,16-17,19-21,23H2,2-5H3/b11-7-,15-10+/t27-,29+,30-,35-/m0/s1. The quantitative estimate of drug-likeness (QED) is 0.118. The number of hydrogen-bond acceptors (Lipinski definition) is 8. The fraction of sp³-hybridized carbons (Fsp3) is 0.390. The number of carbonyl (C=O) groups is 1. The molecule has 52 heavy (non-hydrogen) atoms. The molecule has 4 heterocycles. The van der Waals surface area contributed by atoms with Gasteiger partial charge in [0.2, 0.25) is 11.8 Å². The first-order valence-electron chi connectivity index (χ1n) is 17.7. The predicted molar refractivity (Wildman–Crippen MR) is 200 cm³/mol. The number of piperidine rings is 1. The summed E-state index contributed by atoms with van der Waals surface area (Å²) in [5.41, 5.74) is 3.23. The zero-order valence-electron chi connectivity index (χ0n) is 30.2. The zero-order valence-corrected chi connectivity index (χ0v) is 30.2. The van der Waals surface area contributed by atoms with Crippen LogP contribution in [-0.4, -0.2) is 82.5 Å². The normalized spacial score (nSPS) is 20.1. The van der Waals surface area contributed by atoms with E-state index in [1.54, 1.807) is 48.6 Å². The summed E-state index contributed by atoms with van der Waals surface area (Å²) in [6.45, 7) is 9.31. The number of halogens is 1. The maximum absolute atomic E-state index is 17.2. The molecule has 2 saturated heterocycles. The van der Waals surface area contributed by atoms with E-state index in [0.717, 1.165) is 19.4 Å². The van der Waals surface area contributed by atoms with Gasteiger partial charge in [-0.2, -0.15) is 15.6 Å². The van der Waals surface area contributed by atoms with Crippen LogP contribution in [0.15, 0.2) is 61.3 Å². The summed E-state index contributed by atoms with van der Waals surface area (Å²) in [6, 6.07) is 11.5. The molecule has 2 aliphatic rings. The molecule has 2 aromatic heterocycles. The van der Waals surface area contributed by atoms with Crippen molar-refractivity contribution in [2.75, 3.05) is 33.9 Å². The van der Waals surface area contributed by atoms with Crippen LogP contribution in [0, 0.1) is 35.4 Å². The zero-order chi connectivity index (χ0) is 36.9. The number of nitrogens with zero attached hydrogens (tertiary/aromatic N) is 7. The lowest BCUT2D eigenvalue weighted by atomic mass is 9.91. The molecule has 0 aliphatic carbocycles. The highest BCUT2D eigenvalue weighted by Crippen LogP contribution is 2.42. The summed E-state index contributed by atoms with van der Waals surface area (Å²) in [5.74, 6) is -0.418. The molecular formula is C41H44FN7O3. The first kappa shape index (κ1) is 36.4. The van der Waals surface area contributed by atoms with Crippen LogP contribution < -0.4 is 4.74 Å². The summed E-state index contributed by atoms with van der Waals surface area (Å²) in [4.78, 5) is 22.0. The van der Waals surface area contributed by atoms with Gasteiger partial charge in [-0.05, 0) is 70.3 Å². The Balaban J connectivity index is 1.51. The number of pyridine rings is 1. The summed E-state index contributed by atoms with van der Waals surface area (Å²) in [7, 11) is 3.65. The second-order valence-electron chi connectivity index (χ2n) is 13.6. The number of likely N-dealkylation sites (tertiary alicyclic amines) is 2. The minimum absolute atomic E-state index is 0.122. The number of aromatic nitrogens is 3. The Morgan fingerprint density at radius 2 is 2.06 bits per heavy atom. The molecule has 0 spiro atoms. The first-order valence-corrected chi connectivity index (χ1v) is 17.7. The third-order valence-electron chi connectivity index (χ3n) is 10.4. The minimum atomic E-state index is -0.549. The molecule has 0 bridgehead atoms. The van der Waals surface area contributed by atoms with E-state index in [1.807, 2.05) is 36.7 Å². The summed E-state index contributed by atoms with van der Waals surface area (Å²) in [5, 5.41) is 26.1. The molecule has 10 nitrogen and oxygen atoms in total. The molecule has 0 N–H and O–H groups in total. The molecular weight excluding hydrogens is 657 g/mol. The van der Waals surface area contributed by atoms with Crippen LogP contribution in [0.3, 0.4) is 0 Å². The van der Waals surface area contributed by atoms with Gasteiger partial charge in [0.1, 0.15) is 17.7 Å². The lowest BCUT2D eigenvalue weighted by molar-refractivity contribution is -0.130. The van der Waals surface area contributed by atoms with Gasteiger partial charge < -0.3 is 14.4 Å². The highest BCUT2D eigenvalue weighted by atomic mass is 19.1. The number of benzene rings is 2. The molecule has 6 rings (SSSR count). The van der Waals surface area contributed by atoms with Crippen molar-refractivity contribution in [1.29, 1.82) is 10.5 Å². The van der Waals surface area contributed by atoms with Gasteiger partial charge in [0.05, 0.1) is 47.8 Å². The fourth-order valence-corrected chi connectivity index (χ4v) is 7.88. The summed E-state index contributed by atoms with van der Waals surface area (Å²) in [6.07, 6.45) is 13.1. The van der Waals surface area contributed by atoms with Crippen molar-refractivity contribution in [2.45, 2.75) is 70.2 Å². The lowest BCUT2D eigenvalue weighted by Crippen LogP contribution is -2.46. The number of likely N-dealkylation sites (N-methyl/N-ethyl adjacent to an activating group) is 1. The van der Waals surface area contributed by atoms with E-state index in [-0.39, 0.29) is 42.1 Å². The van der Waals surface area contributed by atoms with E-state index in [4.69, 9.17) is 19.6 Å². The number of methoxy groups -OCH3 is 1. The van der Waals surface area contributed by atoms with Gasteiger partial charge >= 0.3 is 0 Å². The monoisotopic (exact) mass is 701 g/mol. The van der Waals surface area contributed by atoms with Gasteiger partial charge in [0.25, 0.3) is 0 Å². The Kier molecular flexibility index (Phi) is 11.1. The van der Waals surface area contributed by atoms with Crippen LogP contribution in [0.5, 0.6) is 5.88 Å². The van der Waals surface area contributed by atoms with Gasteiger partial charge in [-0.1, -0.05) is 49.1 Å². The largest absolute Gasteiger partial charge is 0.472 e. The van der Waals surface area contributed by atoms with E-state index >= 15 is 4.39 Å². The Hall–Kier alpha value is -5.36. The third kappa shape index (κ3) is 6.94. The topological polar surface area (TPSA) is 120 Å². The van der Waals surface area contributed by atoms with Gasteiger partial charge in [0, 0.05) is 48.3 Å². The summed E-state index contributed by atoms with van der Waals surface area (Å²) >= 11 is 0. The van der Waals surface area contributed by atoms with Crippen LogP contribution in [-0.2, 0) is 9.53 Å². The van der Waals surface area contributed by atoms with Gasteiger partial charge in [-0.15, -0.1) is 0 Å². The van der Waals surface area contributed by atoms with E-state index < -0.39 is 5.82 Å². The molecule has 4 aromatic rings. The molecule has 268 valence electrons. The number of aryl methyl sites for hydroxylation is 1. The molecule has 1 amide bonds. The van der Waals surface area contributed by atoms with E-state index in [2.05, 4.69) is 30.7 Å². The van der Waals surface area contributed by atoms with Crippen molar-refractivity contribution < 1.29 is 18.7 Å². The predicted octanol–water partition coefficient (Wildman–Crippen LogP) is 7.28. The number of nitriles is 2. The van der Waals surface area contributed by atoms with Crippen molar-refractivity contribution in [3.8, 4) is 29.1 Å². The lowest BCUT2D eigenvalue weighted by Gasteiger charge is -2.38. The van der Waals surface area contributed by atoms with E-state index in [1.165, 1.54) is 6.08 Å². The number of amides is 1. The Morgan fingerprint density at radius 3 is 2.77 bits per heavy atom. The average Bonchev–Trinajstić information content (AvgIpc) is 3.78. The van der Waals surface area contributed by atoms with Crippen LogP contribution in [0.4, 0.5) is 4.39 Å². The minimum Gasteiger partial charge on any atom is -0.472 e. The number of ether oxygens (including phenoxy) is 2. The van der Waals surface area contributed by atoms with Crippen LogP contribution >= 0.6 is 0 Å². The summed E-state index contributed by atoms with van der Waals surface area (Å²) < 4.78 is 30.8. The molecule has 0 radical (unpaired) electrons. The van der Waals surface area contributed by atoms with Crippen molar-refractivity contribution in [3.63, 3.8) is 0 Å². The van der Waals surface area contributed by atoms with Crippen molar-refractivity contribution >= 4 is 33.8 Å². The van der Waals surface area contributed by atoms with Gasteiger partial charge in [0.15, 0.2) is 5.82 Å². The van der Waals surface area contributed by atoms with Crippen molar-refractivity contribution in [3.05, 3.63) is 83.9 Å². The number of fused-ring (bicyclic) bond motifs is 3. The molecule has 0 saturated carbocycles. The first-order chi connectivity index (χ1) is 25.2. The maximum Gasteiger partial charge on any atom is 0.246 e. The Labute approximate surface area is 304 Å². The highest BCUT2D eigenvalue weighted by Gasteiger charge is 2.34. The van der Waals surface area contributed by atoms with E-state index in [9.17, 15) is 15.3 Å². The fourth-order valence-electron chi connectivity index (χ4n) is 7.88. The average molecular weight is 702 g/mol. The molecule has 2 fully saturated rings. The SMILES string of the molecule is C=C/C=C\c1cccc(-c2c(C)cc3c(nc(O[C@@H](C)[C@@H]4CCCN4C)c4cnn([C@H]5CCN(C(=O)/C=C/COC)[C@H](CC#N)C5)c43)c2F)c1C#N. The van der Waals surface area contributed by atoms with Crippen molar-refractivity contribution in [1.82, 2.24) is 24.6 Å². The molecule has 4 atom stereocenters. The number of allylic oxidation sites excluding steroid dienone is 2. The van der Waals surface area contributed by atoms with Crippen molar-refractivity contribution in [2.24, 2.45) is 0 Å². The molecule has 0 unspecified atom stereocenters. The molecule has 2 aliphatic heterocycles. The smallest absolute Gasteiger partial charge is 0.246 e. The third-order valence-corrected chi connectivity index (χ3v) is 10.4. The van der Waals surface area contributed by atoms with Crippen LogP contribution in [0.25, 0.3) is 39.0 Å². The van der Waals surface area contributed by atoms with Gasteiger partial charge in [-0.25, -0.2) is 9.37 Å². The Morgan fingerprint density at radius 1 is 1.23 bits per heavy atom. The second-order valence-corrected chi connectivity index (χ2v) is 13.6.